The van der Waals surface area contributed by atoms with E-state index in [1.165, 1.54) is 6.07 Å². The van der Waals surface area contributed by atoms with Gasteiger partial charge in [-0.1, -0.05) is 24.3 Å². The molecule has 1 amide bonds. The molecule has 1 heterocycles. The van der Waals surface area contributed by atoms with Crippen molar-refractivity contribution in [2.75, 3.05) is 6.61 Å². The van der Waals surface area contributed by atoms with Crippen LogP contribution in [0.4, 0.5) is 4.39 Å². The van der Waals surface area contributed by atoms with Gasteiger partial charge >= 0.3 is 0 Å². The van der Waals surface area contributed by atoms with Crippen LogP contribution in [0.5, 0.6) is 5.75 Å². The molecule has 1 aliphatic rings. The first-order valence-electron chi connectivity index (χ1n) is 7.08. The largest absolute Gasteiger partial charge is 0.493 e. The van der Waals surface area contributed by atoms with Gasteiger partial charge in [-0.25, -0.2) is 4.39 Å². The summed E-state index contributed by atoms with van der Waals surface area (Å²) in [6.07, 6.45) is 0.967. The second-order valence-corrected chi connectivity index (χ2v) is 6.07. The van der Waals surface area contributed by atoms with Gasteiger partial charge in [0.25, 0.3) is 0 Å². The summed E-state index contributed by atoms with van der Waals surface area (Å²) in [7, 11) is 0. The minimum atomic E-state index is -0.331. The molecule has 2 aromatic carbocycles. The number of fused-ring (bicyclic) bond motifs is 1. The first kappa shape index (κ1) is 15.0. The summed E-state index contributed by atoms with van der Waals surface area (Å²) in [6.45, 7) is 0.587. The van der Waals surface area contributed by atoms with Crippen molar-refractivity contribution in [1.29, 1.82) is 0 Å². The molecule has 1 unspecified atom stereocenters. The molecule has 0 radical (unpaired) electrons. The number of para-hydroxylation sites is 1. The Morgan fingerprint density at radius 3 is 2.95 bits per heavy atom. The number of rotatable bonds is 3. The number of amides is 1. The lowest BCUT2D eigenvalue weighted by Crippen LogP contribution is -2.33. The molecule has 0 spiro atoms. The molecule has 0 fully saturated rings. The fourth-order valence-corrected chi connectivity index (χ4v) is 3.00. The molecule has 1 atom stereocenters. The molecule has 22 heavy (non-hydrogen) atoms. The third kappa shape index (κ3) is 3.30. The highest BCUT2D eigenvalue weighted by Gasteiger charge is 2.22. The highest BCUT2D eigenvalue weighted by molar-refractivity contribution is 9.10. The molecule has 114 valence electrons. The van der Waals surface area contributed by atoms with E-state index in [9.17, 15) is 9.18 Å². The molecule has 3 rings (SSSR count). The Hall–Kier alpha value is -1.88. The van der Waals surface area contributed by atoms with Crippen molar-refractivity contribution in [2.24, 2.45) is 0 Å². The average molecular weight is 364 g/mol. The Morgan fingerprint density at radius 2 is 2.14 bits per heavy atom. The summed E-state index contributed by atoms with van der Waals surface area (Å²) in [6, 6.07) is 12.3. The van der Waals surface area contributed by atoms with Gasteiger partial charge < -0.3 is 10.1 Å². The summed E-state index contributed by atoms with van der Waals surface area (Å²) >= 11 is 3.13. The molecule has 0 saturated heterocycles. The second-order valence-electron chi connectivity index (χ2n) is 5.22. The van der Waals surface area contributed by atoms with E-state index in [0.717, 1.165) is 23.3 Å². The molecular formula is C17H15BrFNO2. The Morgan fingerprint density at radius 1 is 1.32 bits per heavy atom. The molecule has 2 aromatic rings. The van der Waals surface area contributed by atoms with E-state index in [2.05, 4.69) is 21.2 Å². The van der Waals surface area contributed by atoms with Crippen LogP contribution in [0.2, 0.25) is 0 Å². The number of hydrogen-bond acceptors (Lipinski definition) is 2. The maximum atomic E-state index is 13.2. The third-order valence-electron chi connectivity index (χ3n) is 3.64. The van der Waals surface area contributed by atoms with Gasteiger partial charge in [0.1, 0.15) is 11.6 Å². The van der Waals surface area contributed by atoms with Crippen molar-refractivity contribution in [2.45, 2.75) is 18.9 Å². The molecule has 3 nitrogen and oxygen atoms in total. The van der Waals surface area contributed by atoms with Crippen LogP contribution in [-0.2, 0) is 11.2 Å². The van der Waals surface area contributed by atoms with Crippen LogP contribution < -0.4 is 10.1 Å². The summed E-state index contributed by atoms with van der Waals surface area (Å²) in [4.78, 5) is 12.2. The minimum absolute atomic E-state index is 0.0404. The van der Waals surface area contributed by atoms with Crippen molar-refractivity contribution in [3.8, 4) is 5.75 Å². The van der Waals surface area contributed by atoms with Crippen LogP contribution in [-0.4, -0.2) is 12.5 Å². The quantitative estimate of drug-likeness (QED) is 0.901. The molecule has 0 aliphatic carbocycles. The molecule has 0 bridgehead atoms. The van der Waals surface area contributed by atoms with Gasteiger partial charge in [0.2, 0.25) is 5.91 Å². The van der Waals surface area contributed by atoms with Crippen molar-refractivity contribution in [3.63, 3.8) is 0 Å². The standard InChI is InChI=1S/C17H15BrFNO2/c18-13-9-11(5-6-14(13)19)10-17(21)20-15-7-8-22-16-4-2-1-3-12(15)16/h1-6,9,15H,7-8,10H2,(H,20,21). The monoisotopic (exact) mass is 363 g/mol. The van der Waals surface area contributed by atoms with Crippen molar-refractivity contribution in [1.82, 2.24) is 5.32 Å². The molecule has 5 heteroatoms. The zero-order valence-electron chi connectivity index (χ0n) is 11.8. The molecule has 1 N–H and O–H groups in total. The number of carbonyl (C=O) groups excluding carboxylic acids is 1. The van der Waals surface area contributed by atoms with E-state index in [1.807, 2.05) is 24.3 Å². The number of benzene rings is 2. The van der Waals surface area contributed by atoms with E-state index in [4.69, 9.17) is 4.74 Å². The van der Waals surface area contributed by atoms with E-state index in [1.54, 1.807) is 12.1 Å². The van der Waals surface area contributed by atoms with Gasteiger partial charge in [-0.15, -0.1) is 0 Å². The average Bonchev–Trinajstić information content (AvgIpc) is 2.51. The van der Waals surface area contributed by atoms with Crippen LogP contribution >= 0.6 is 15.9 Å². The lowest BCUT2D eigenvalue weighted by molar-refractivity contribution is -0.121. The van der Waals surface area contributed by atoms with Gasteiger partial charge in [0.15, 0.2) is 0 Å². The summed E-state index contributed by atoms with van der Waals surface area (Å²) < 4.78 is 19.2. The summed E-state index contributed by atoms with van der Waals surface area (Å²) in [5, 5.41) is 3.03. The molecular weight excluding hydrogens is 349 g/mol. The first-order chi connectivity index (χ1) is 10.6. The second kappa shape index (κ2) is 6.48. The Bertz CT molecular complexity index is 705. The predicted octanol–water partition coefficient (Wildman–Crippen LogP) is 3.77. The number of hydrogen-bond donors (Lipinski definition) is 1. The van der Waals surface area contributed by atoms with Crippen LogP contribution in [0.3, 0.4) is 0 Å². The van der Waals surface area contributed by atoms with E-state index < -0.39 is 0 Å². The Labute approximate surface area is 136 Å². The fraction of sp³-hybridized carbons (Fsp3) is 0.235. The van der Waals surface area contributed by atoms with E-state index in [-0.39, 0.29) is 24.2 Å². The molecule has 0 aromatic heterocycles. The van der Waals surface area contributed by atoms with Crippen LogP contribution in [0, 0.1) is 5.82 Å². The van der Waals surface area contributed by atoms with Crippen molar-refractivity contribution >= 4 is 21.8 Å². The number of ether oxygens (including phenoxy) is 1. The van der Waals surface area contributed by atoms with E-state index >= 15 is 0 Å². The summed E-state index contributed by atoms with van der Waals surface area (Å²) in [5.41, 5.74) is 1.77. The van der Waals surface area contributed by atoms with Gasteiger partial charge in [-0.2, -0.15) is 0 Å². The predicted molar refractivity (Wildman–Crippen MR) is 85.2 cm³/mol. The fourth-order valence-electron chi connectivity index (χ4n) is 2.57. The van der Waals surface area contributed by atoms with Gasteiger partial charge in [0, 0.05) is 12.0 Å². The van der Waals surface area contributed by atoms with Gasteiger partial charge in [-0.05, 0) is 39.7 Å². The molecule has 1 aliphatic heterocycles. The topological polar surface area (TPSA) is 38.3 Å². The highest BCUT2D eigenvalue weighted by atomic mass is 79.9. The van der Waals surface area contributed by atoms with E-state index in [0.29, 0.717) is 11.1 Å². The van der Waals surface area contributed by atoms with Crippen molar-refractivity contribution < 1.29 is 13.9 Å². The Kier molecular flexibility index (Phi) is 4.43. The van der Waals surface area contributed by atoms with Crippen molar-refractivity contribution in [3.05, 3.63) is 63.9 Å². The van der Waals surface area contributed by atoms with Gasteiger partial charge in [-0.3, -0.25) is 4.79 Å². The zero-order valence-corrected chi connectivity index (χ0v) is 13.4. The first-order valence-corrected chi connectivity index (χ1v) is 7.88. The number of nitrogens with one attached hydrogen (secondary N) is 1. The number of carbonyl (C=O) groups is 1. The minimum Gasteiger partial charge on any atom is -0.493 e. The third-order valence-corrected chi connectivity index (χ3v) is 4.25. The van der Waals surface area contributed by atoms with Gasteiger partial charge in [0.05, 0.1) is 23.5 Å². The van der Waals surface area contributed by atoms with Crippen LogP contribution in [0.25, 0.3) is 0 Å². The highest BCUT2D eigenvalue weighted by Crippen LogP contribution is 2.31. The summed E-state index contributed by atoms with van der Waals surface area (Å²) in [5.74, 6) is 0.409. The smallest absolute Gasteiger partial charge is 0.224 e. The zero-order chi connectivity index (χ0) is 15.5. The maximum absolute atomic E-state index is 13.2. The lowest BCUT2D eigenvalue weighted by atomic mass is 10.00. The maximum Gasteiger partial charge on any atom is 0.224 e. The SMILES string of the molecule is O=C(Cc1ccc(F)c(Br)c1)NC1CCOc2ccccc21. The molecule has 0 saturated carbocycles. The van der Waals surface area contributed by atoms with Crippen LogP contribution in [0.1, 0.15) is 23.6 Å². The Balaban J connectivity index is 1.69. The normalized spacial score (nSPS) is 16.5. The number of halogens is 2. The van der Waals surface area contributed by atoms with Crippen LogP contribution in [0.15, 0.2) is 46.9 Å². The lowest BCUT2D eigenvalue weighted by Gasteiger charge is -2.26.